The summed E-state index contributed by atoms with van der Waals surface area (Å²) < 4.78 is 0. The summed E-state index contributed by atoms with van der Waals surface area (Å²) in [6, 6.07) is 8.25. The van der Waals surface area contributed by atoms with Gasteiger partial charge in [-0.15, -0.1) is 12.4 Å². The third-order valence-electron chi connectivity index (χ3n) is 1.36. The van der Waals surface area contributed by atoms with Gasteiger partial charge in [-0.3, -0.25) is 0 Å². The number of nitrogens with two attached hydrogens (primary N) is 1. The van der Waals surface area contributed by atoms with E-state index in [1.165, 1.54) is 11.0 Å². The van der Waals surface area contributed by atoms with Crippen LogP contribution in [0.4, 0.5) is 0 Å². The molecule has 5 heteroatoms. The van der Waals surface area contributed by atoms with Crippen molar-refractivity contribution in [2.24, 2.45) is 5.73 Å². The molecule has 3 nitrogen and oxygen atoms in total. The summed E-state index contributed by atoms with van der Waals surface area (Å²) in [6.45, 7) is 0.639. The van der Waals surface area contributed by atoms with Crippen molar-refractivity contribution in [3.05, 3.63) is 29.8 Å². The van der Waals surface area contributed by atoms with Gasteiger partial charge in [0.1, 0.15) is 7.85 Å². The molecule has 0 spiro atoms. The molecule has 0 heterocycles. The minimum atomic E-state index is 0. The van der Waals surface area contributed by atoms with E-state index in [0.717, 1.165) is 0 Å². The molecule has 0 aliphatic carbocycles. The van der Waals surface area contributed by atoms with Gasteiger partial charge < -0.3 is 16.7 Å². The summed E-state index contributed by atoms with van der Waals surface area (Å²) in [5, 5.41) is 0. The Hall–Kier alpha value is -0.545. The van der Waals surface area contributed by atoms with Gasteiger partial charge in [0.25, 0.3) is 0 Å². The second-order valence-corrected chi connectivity index (χ2v) is 2.19. The minimum absolute atomic E-state index is 0. The van der Waals surface area contributed by atoms with E-state index in [9.17, 15) is 0 Å². The summed E-state index contributed by atoms with van der Waals surface area (Å²) in [6.07, 6.45) is 0. The largest absolute Gasteiger partial charge is 0.412 e. The van der Waals surface area contributed by atoms with E-state index >= 15 is 0 Å². The van der Waals surface area contributed by atoms with Gasteiger partial charge in [0.15, 0.2) is 0 Å². The van der Waals surface area contributed by atoms with Crippen LogP contribution in [0.15, 0.2) is 24.3 Å². The fourth-order valence-electron chi connectivity index (χ4n) is 0.724. The molecule has 0 radical (unpaired) electrons. The van der Waals surface area contributed by atoms with E-state index in [-0.39, 0.29) is 23.4 Å². The molecule has 0 aliphatic heterocycles. The lowest BCUT2D eigenvalue weighted by Crippen LogP contribution is -2.02. The lowest BCUT2D eigenvalue weighted by atomic mass is 9.95. The van der Waals surface area contributed by atoms with Gasteiger partial charge in [-0.25, -0.2) is 0 Å². The Kier molecular flexibility index (Phi) is 12.5. The maximum absolute atomic E-state index is 5.40. The zero-order chi connectivity index (χ0) is 6.69. The number of benzene rings is 1. The second-order valence-electron chi connectivity index (χ2n) is 2.19. The summed E-state index contributed by atoms with van der Waals surface area (Å²) in [4.78, 5) is 0. The first-order valence-electron chi connectivity index (χ1n) is 3.08. The molecular formula is C7H15BClNO2. The van der Waals surface area contributed by atoms with E-state index in [1.807, 2.05) is 0 Å². The molecule has 0 fully saturated rings. The Balaban J connectivity index is -0.000000270. The molecule has 0 aromatic heterocycles. The molecule has 6 N–H and O–H groups in total. The maximum Gasteiger partial charge on any atom is 0.139 e. The summed E-state index contributed by atoms with van der Waals surface area (Å²) >= 11 is 0. The standard InChI is InChI=1S/C7H10BN.ClH.2H2O/c8-7-3-1-6(5-9)2-4-7;;;/h1-4H,5,8-9H2;1H;2*1H2. The molecule has 12 heavy (non-hydrogen) atoms. The summed E-state index contributed by atoms with van der Waals surface area (Å²) in [5.41, 5.74) is 7.88. The summed E-state index contributed by atoms with van der Waals surface area (Å²) in [7, 11) is 2.07. The van der Waals surface area contributed by atoms with Crippen LogP contribution >= 0.6 is 12.4 Å². The van der Waals surface area contributed by atoms with E-state index in [4.69, 9.17) is 5.73 Å². The monoisotopic (exact) mass is 191 g/mol. The zero-order valence-corrected chi connectivity index (χ0v) is 7.82. The Bertz CT molecular complexity index is 193. The maximum atomic E-state index is 5.40. The van der Waals surface area contributed by atoms with Crippen molar-refractivity contribution < 1.29 is 11.0 Å². The zero-order valence-electron chi connectivity index (χ0n) is 7.00. The highest BCUT2D eigenvalue weighted by Crippen LogP contribution is 1.92. The van der Waals surface area contributed by atoms with Crippen LogP contribution in [-0.2, 0) is 6.54 Å². The topological polar surface area (TPSA) is 89.0 Å². The number of hydrogen-bond acceptors (Lipinski definition) is 1. The molecule has 0 saturated carbocycles. The highest BCUT2D eigenvalue weighted by molar-refractivity contribution is 6.32. The average molecular weight is 191 g/mol. The molecule has 0 atom stereocenters. The van der Waals surface area contributed by atoms with Crippen LogP contribution in [0.25, 0.3) is 0 Å². The van der Waals surface area contributed by atoms with Crippen LogP contribution in [0.2, 0.25) is 0 Å². The minimum Gasteiger partial charge on any atom is -0.412 e. The lowest BCUT2D eigenvalue weighted by Gasteiger charge is -1.94. The highest BCUT2D eigenvalue weighted by atomic mass is 35.5. The van der Waals surface area contributed by atoms with Crippen molar-refractivity contribution in [1.82, 2.24) is 0 Å². The van der Waals surface area contributed by atoms with Crippen molar-refractivity contribution in [2.45, 2.75) is 6.54 Å². The Morgan fingerprint density at radius 1 is 1.08 bits per heavy atom. The number of rotatable bonds is 1. The van der Waals surface area contributed by atoms with Crippen LogP contribution in [0.1, 0.15) is 5.56 Å². The van der Waals surface area contributed by atoms with Crippen LogP contribution in [0.3, 0.4) is 0 Å². The van der Waals surface area contributed by atoms with Crippen LogP contribution < -0.4 is 11.2 Å². The molecular weight excluding hydrogens is 176 g/mol. The van der Waals surface area contributed by atoms with Gasteiger partial charge in [-0.05, 0) is 5.56 Å². The molecule has 0 bridgehead atoms. The van der Waals surface area contributed by atoms with Gasteiger partial charge in [0.2, 0.25) is 0 Å². The number of halogens is 1. The van der Waals surface area contributed by atoms with Gasteiger partial charge in [0, 0.05) is 6.54 Å². The van der Waals surface area contributed by atoms with Crippen molar-refractivity contribution in [3.63, 3.8) is 0 Å². The van der Waals surface area contributed by atoms with E-state index in [2.05, 4.69) is 32.1 Å². The smallest absolute Gasteiger partial charge is 0.139 e. The van der Waals surface area contributed by atoms with E-state index in [0.29, 0.717) is 6.54 Å². The van der Waals surface area contributed by atoms with Crippen molar-refractivity contribution in [1.29, 1.82) is 0 Å². The summed E-state index contributed by atoms with van der Waals surface area (Å²) in [5.74, 6) is 0. The van der Waals surface area contributed by atoms with Crippen LogP contribution in [0.5, 0.6) is 0 Å². The first-order valence-corrected chi connectivity index (χ1v) is 3.08. The van der Waals surface area contributed by atoms with Crippen LogP contribution in [0, 0.1) is 0 Å². The first-order chi connectivity index (χ1) is 4.33. The third kappa shape index (κ3) is 5.15. The van der Waals surface area contributed by atoms with Gasteiger partial charge in [-0.2, -0.15) is 0 Å². The Labute approximate surface area is 79.4 Å². The molecule has 1 aromatic rings. The molecule has 0 aliphatic rings. The predicted molar refractivity (Wildman–Crippen MR) is 57.0 cm³/mol. The van der Waals surface area contributed by atoms with Gasteiger partial charge in [-0.1, -0.05) is 29.7 Å². The van der Waals surface area contributed by atoms with Crippen molar-refractivity contribution in [2.75, 3.05) is 0 Å². The SMILES string of the molecule is Bc1ccc(CN)cc1.Cl.O.O. The lowest BCUT2D eigenvalue weighted by molar-refractivity contribution is 0.823. The van der Waals surface area contributed by atoms with Crippen LogP contribution in [-0.4, -0.2) is 18.8 Å². The van der Waals surface area contributed by atoms with E-state index < -0.39 is 0 Å². The fourth-order valence-corrected chi connectivity index (χ4v) is 0.724. The second kappa shape index (κ2) is 8.55. The molecule has 1 rings (SSSR count). The molecule has 0 saturated heterocycles. The molecule has 0 amide bonds. The number of hydrogen-bond donors (Lipinski definition) is 1. The molecule has 70 valence electrons. The Morgan fingerprint density at radius 3 is 1.83 bits per heavy atom. The van der Waals surface area contributed by atoms with Gasteiger partial charge >= 0.3 is 0 Å². The molecule has 0 unspecified atom stereocenters. The van der Waals surface area contributed by atoms with Gasteiger partial charge in [0.05, 0.1) is 0 Å². The predicted octanol–water partition coefficient (Wildman–Crippen LogP) is -1.82. The fraction of sp³-hybridized carbons (Fsp3) is 0.143. The first kappa shape index (κ1) is 17.5. The van der Waals surface area contributed by atoms with Crippen molar-refractivity contribution >= 4 is 25.7 Å². The normalized spacial score (nSPS) is 7.08. The highest BCUT2D eigenvalue weighted by Gasteiger charge is 1.85. The quantitative estimate of drug-likeness (QED) is 0.520. The third-order valence-corrected chi connectivity index (χ3v) is 1.36. The van der Waals surface area contributed by atoms with E-state index in [1.54, 1.807) is 0 Å². The van der Waals surface area contributed by atoms with Crippen molar-refractivity contribution in [3.8, 4) is 0 Å². The average Bonchev–Trinajstić information content (AvgIpc) is 1.90. The Morgan fingerprint density at radius 2 is 1.50 bits per heavy atom. The molecule has 1 aromatic carbocycles.